The highest BCUT2D eigenvalue weighted by Crippen LogP contribution is 2.39. The quantitative estimate of drug-likeness (QED) is 0.482. The van der Waals surface area contributed by atoms with E-state index < -0.39 is 41.2 Å². The number of hydrogen-bond donors (Lipinski definition) is 1. The first-order valence-corrected chi connectivity index (χ1v) is 8.05. The fourth-order valence-electron chi connectivity index (χ4n) is 2.88. The van der Waals surface area contributed by atoms with Gasteiger partial charge in [0.1, 0.15) is 0 Å². The number of hydrogen-bond acceptors (Lipinski definition) is 6. The maximum atomic E-state index is 12.0. The molecule has 1 aliphatic heterocycles. The zero-order chi connectivity index (χ0) is 17.1. The zero-order valence-electron chi connectivity index (χ0n) is 12.7. The lowest BCUT2D eigenvalue weighted by molar-refractivity contribution is -0.549. The smallest absolute Gasteiger partial charge is 0.342 e. The van der Waals surface area contributed by atoms with E-state index in [1.165, 1.54) is 0 Å². The predicted octanol–water partition coefficient (Wildman–Crippen LogP) is 2.09. The van der Waals surface area contributed by atoms with Crippen LogP contribution in [0.4, 0.5) is 0 Å². The number of nitrogens with zero attached hydrogens (tertiary/aromatic N) is 1. The van der Waals surface area contributed by atoms with Gasteiger partial charge in [-0.15, -0.1) is 0 Å². The molecule has 1 aromatic carbocycles. The van der Waals surface area contributed by atoms with Gasteiger partial charge in [-0.25, -0.2) is 4.79 Å². The van der Waals surface area contributed by atoms with E-state index in [2.05, 4.69) is 15.9 Å². The molecule has 0 aromatic heterocycles. The second kappa shape index (κ2) is 7.37. The molecular formula is C15H18BrNO6. The molecule has 8 heteroatoms. The molecule has 1 aliphatic rings. The van der Waals surface area contributed by atoms with Crippen LogP contribution in [0.1, 0.15) is 25.3 Å². The third kappa shape index (κ3) is 3.70. The third-order valence-electron chi connectivity index (χ3n) is 4.00. The highest BCUT2D eigenvalue weighted by Gasteiger charge is 2.54. The summed E-state index contributed by atoms with van der Waals surface area (Å²) in [6, 6.07) is 5.68. The van der Waals surface area contributed by atoms with E-state index in [9.17, 15) is 20.0 Å². The van der Waals surface area contributed by atoms with E-state index in [0.29, 0.717) is 5.56 Å². The minimum absolute atomic E-state index is 0.0811. The highest BCUT2D eigenvalue weighted by molar-refractivity contribution is 9.10. The van der Waals surface area contributed by atoms with Gasteiger partial charge in [0, 0.05) is 15.3 Å². The first-order valence-electron chi connectivity index (χ1n) is 7.26. The van der Waals surface area contributed by atoms with Crippen LogP contribution in [0.2, 0.25) is 0 Å². The van der Waals surface area contributed by atoms with Crippen molar-refractivity contribution in [2.75, 3.05) is 6.61 Å². The number of rotatable bonds is 4. The number of nitro groups is 1. The fourth-order valence-corrected chi connectivity index (χ4v) is 3.14. The Hall–Kier alpha value is -1.51. The van der Waals surface area contributed by atoms with Gasteiger partial charge in [0.25, 0.3) is 6.04 Å². The van der Waals surface area contributed by atoms with Crippen molar-refractivity contribution < 1.29 is 24.3 Å². The molecule has 7 nitrogen and oxygen atoms in total. The summed E-state index contributed by atoms with van der Waals surface area (Å²) >= 11 is 3.31. The first kappa shape index (κ1) is 17.8. The van der Waals surface area contributed by atoms with Gasteiger partial charge in [-0.1, -0.05) is 35.0 Å². The van der Waals surface area contributed by atoms with Crippen LogP contribution in [0.5, 0.6) is 0 Å². The Kier molecular flexibility index (Phi) is 5.72. The van der Waals surface area contributed by atoms with Crippen molar-refractivity contribution in [1.82, 2.24) is 0 Å². The van der Waals surface area contributed by atoms with E-state index in [4.69, 9.17) is 9.47 Å². The SMILES string of the molecule is CCOC(=O)[C@@H]1O[C@@H](O)[C@H](C)[C@@H](c2ccc(Br)cc2)[C@@H]1[N+](=O)[O-]. The molecule has 1 N–H and O–H groups in total. The Morgan fingerprint density at radius 1 is 1.43 bits per heavy atom. The summed E-state index contributed by atoms with van der Waals surface area (Å²) in [6.07, 6.45) is -2.72. The molecular weight excluding hydrogens is 370 g/mol. The molecule has 0 radical (unpaired) electrons. The van der Waals surface area contributed by atoms with Gasteiger partial charge in [0.15, 0.2) is 6.29 Å². The Bertz CT molecular complexity index is 578. The minimum atomic E-state index is -1.44. The van der Waals surface area contributed by atoms with Crippen LogP contribution < -0.4 is 0 Å². The van der Waals surface area contributed by atoms with Gasteiger partial charge >= 0.3 is 5.97 Å². The van der Waals surface area contributed by atoms with Gasteiger partial charge in [-0.3, -0.25) is 10.1 Å². The van der Waals surface area contributed by atoms with Gasteiger partial charge in [-0.05, 0) is 24.6 Å². The average molecular weight is 388 g/mol. The van der Waals surface area contributed by atoms with Gasteiger partial charge in [-0.2, -0.15) is 0 Å². The number of esters is 1. The summed E-state index contributed by atoms with van der Waals surface area (Å²) < 4.78 is 10.9. The number of aliphatic hydroxyl groups excluding tert-OH is 1. The van der Waals surface area contributed by atoms with E-state index in [-0.39, 0.29) is 6.61 Å². The van der Waals surface area contributed by atoms with E-state index in [1.54, 1.807) is 38.1 Å². The van der Waals surface area contributed by atoms with Crippen LogP contribution in [0.15, 0.2) is 28.7 Å². The first-order chi connectivity index (χ1) is 10.9. The monoisotopic (exact) mass is 387 g/mol. The predicted molar refractivity (Wildman–Crippen MR) is 84.3 cm³/mol. The van der Waals surface area contributed by atoms with Crippen LogP contribution in [-0.4, -0.2) is 41.0 Å². The number of benzene rings is 1. The van der Waals surface area contributed by atoms with Crippen molar-refractivity contribution in [3.05, 3.63) is 44.4 Å². The van der Waals surface area contributed by atoms with Crippen molar-refractivity contribution in [1.29, 1.82) is 0 Å². The molecule has 0 bridgehead atoms. The van der Waals surface area contributed by atoms with Crippen molar-refractivity contribution in [2.24, 2.45) is 5.92 Å². The molecule has 0 amide bonds. The maximum Gasteiger partial charge on any atom is 0.342 e. The molecule has 1 aromatic rings. The third-order valence-corrected chi connectivity index (χ3v) is 4.53. The van der Waals surface area contributed by atoms with Crippen LogP contribution >= 0.6 is 15.9 Å². The van der Waals surface area contributed by atoms with Crippen LogP contribution in [0.25, 0.3) is 0 Å². The lowest BCUT2D eigenvalue weighted by Crippen LogP contribution is -2.55. The highest BCUT2D eigenvalue weighted by atomic mass is 79.9. The lowest BCUT2D eigenvalue weighted by Gasteiger charge is -2.38. The van der Waals surface area contributed by atoms with Crippen molar-refractivity contribution in [3.63, 3.8) is 0 Å². The maximum absolute atomic E-state index is 12.0. The second-order valence-electron chi connectivity index (χ2n) is 5.41. The Balaban J connectivity index is 2.43. The number of aliphatic hydroxyl groups is 1. The van der Waals surface area contributed by atoms with E-state index >= 15 is 0 Å². The molecule has 5 atom stereocenters. The van der Waals surface area contributed by atoms with Gasteiger partial charge < -0.3 is 14.6 Å². The summed E-state index contributed by atoms with van der Waals surface area (Å²) in [5.41, 5.74) is 0.666. The molecule has 126 valence electrons. The topological polar surface area (TPSA) is 98.9 Å². The molecule has 23 heavy (non-hydrogen) atoms. The van der Waals surface area contributed by atoms with E-state index in [1.807, 2.05) is 0 Å². The molecule has 2 rings (SSSR count). The second-order valence-corrected chi connectivity index (χ2v) is 6.33. The summed E-state index contributed by atoms with van der Waals surface area (Å²) in [5, 5.41) is 21.7. The number of ether oxygens (including phenoxy) is 2. The number of carbonyl (C=O) groups excluding carboxylic acids is 1. The van der Waals surface area contributed by atoms with Crippen LogP contribution in [0.3, 0.4) is 0 Å². The van der Waals surface area contributed by atoms with Crippen LogP contribution in [0, 0.1) is 16.0 Å². The summed E-state index contributed by atoms with van der Waals surface area (Å²) in [4.78, 5) is 23.1. The largest absolute Gasteiger partial charge is 0.464 e. The van der Waals surface area contributed by atoms with Gasteiger partial charge in [0.2, 0.25) is 6.10 Å². The summed E-state index contributed by atoms with van der Waals surface area (Å²) in [5.74, 6) is -2.05. The zero-order valence-corrected chi connectivity index (χ0v) is 14.3. The number of halogens is 1. The average Bonchev–Trinajstić information content (AvgIpc) is 2.50. The fraction of sp³-hybridized carbons (Fsp3) is 0.533. The Morgan fingerprint density at radius 3 is 2.57 bits per heavy atom. The molecule has 0 saturated carbocycles. The van der Waals surface area contributed by atoms with E-state index in [0.717, 1.165) is 4.47 Å². The van der Waals surface area contributed by atoms with Crippen molar-refractivity contribution >= 4 is 21.9 Å². The molecule has 1 fully saturated rings. The summed E-state index contributed by atoms with van der Waals surface area (Å²) in [6.45, 7) is 3.35. The molecule has 0 aliphatic carbocycles. The number of carbonyl (C=O) groups is 1. The Morgan fingerprint density at radius 2 is 2.04 bits per heavy atom. The van der Waals surface area contributed by atoms with Crippen LogP contribution in [-0.2, 0) is 14.3 Å². The minimum Gasteiger partial charge on any atom is -0.464 e. The van der Waals surface area contributed by atoms with Crippen molar-refractivity contribution in [2.45, 2.75) is 38.2 Å². The molecule has 1 heterocycles. The molecule has 1 saturated heterocycles. The van der Waals surface area contributed by atoms with Crippen molar-refractivity contribution in [3.8, 4) is 0 Å². The standard InChI is InChI=1S/C15H18BrNO6/c1-3-22-15(19)13-12(17(20)21)11(8(2)14(18)23-13)9-4-6-10(16)7-5-9/h4-8,11-14,18H,3H2,1-2H3/t8-,11+,12+,13-,14-/m1/s1. The normalized spacial score (nSPS) is 30.7. The summed E-state index contributed by atoms with van der Waals surface area (Å²) in [7, 11) is 0. The molecule has 0 spiro atoms. The van der Waals surface area contributed by atoms with Gasteiger partial charge in [0.05, 0.1) is 12.5 Å². The Labute approximate surface area is 141 Å². The lowest BCUT2D eigenvalue weighted by atomic mass is 9.77. The molecule has 0 unspecified atom stereocenters.